The second-order valence-corrected chi connectivity index (χ2v) is 7.20. The maximum atomic E-state index is 12.6. The number of halogens is 1. The normalized spacial score (nSPS) is 11.6. The summed E-state index contributed by atoms with van der Waals surface area (Å²) in [5.74, 6) is 0. The largest absolute Gasteiger partial charge is 0.303 e. The van der Waals surface area contributed by atoms with Crippen LogP contribution < -0.4 is 4.31 Å². The van der Waals surface area contributed by atoms with E-state index in [1.807, 2.05) is 24.3 Å². The first-order valence-electron chi connectivity index (χ1n) is 6.41. The highest BCUT2D eigenvalue weighted by molar-refractivity contribution is 7.90. The van der Waals surface area contributed by atoms with Gasteiger partial charge in [-0.15, -0.1) is 0 Å². The molecule has 0 radical (unpaired) electrons. The van der Waals surface area contributed by atoms with Crippen molar-refractivity contribution in [3.8, 4) is 0 Å². The van der Waals surface area contributed by atoms with Gasteiger partial charge in [0, 0.05) is 19.1 Å². The summed E-state index contributed by atoms with van der Waals surface area (Å²) in [6.07, 6.45) is 0. The number of hydrogen-bond acceptors (Lipinski definition) is 2. The first kappa shape index (κ1) is 15.8. The van der Waals surface area contributed by atoms with Crippen LogP contribution in [-0.4, -0.2) is 26.8 Å². The highest BCUT2D eigenvalue weighted by Crippen LogP contribution is 2.25. The van der Waals surface area contributed by atoms with E-state index in [2.05, 4.69) is 0 Å². The molecule has 2 aromatic carbocycles. The summed E-state index contributed by atoms with van der Waals surface area (Å²) < 4.78 is 27.6. The molecule has 0 amide bonds. The minimum absolute atomic E-state index is 0.185. The van der Waals surface area contributed by atoms with Gasteiger partial charge in [-0.1, -0.05) is 48.0 Å². The summed E-state index contributed by atoms with van der Waals surface area (Å²) >= 11 is 6.15. The molecule has 0 N–H and O–H groups in total. The summed E-state index contributed by atoms with van der Waals surface area (Å²) in [6.45, 7) is 0.185. The fourth-order valence-corrected chi connectivity index (χ4v) is 3.16. The molecule has 0 spiro atoms. The molecule has 2 aromatic rings. The Labute approximate surface area is 130 Å². The molecule has 0 aromatic heterocycles. The zero-order chi connectivity index (χ0) is 15.5. The molecular formula is C15H17ClN2O2S. The van der Waals surface area contributed by atoms with Gasteiger partial charge in [0.15, 0.2) is 0 Å². The molecule has 0 saturated carbocycles. The first-order chi connectivity index (χ1) is 9.93. The van der Waals surface area contributed by atoms with E-state index in [4.69, 9.17) is 11.6 Å². The Hall–Kier alpha value is -1.56. The van der Waals surface area contributed by atoms with E-state index < -0.39 is 10.2 Å². The van der Waals surface area contributed by atoms with Crippen molar-refractivity contribution in [1.29, 1.82) is 0 Å². The third-order valence-electron chi connectivity index (χ3n) is 3.06. The number of nitrogens with zero attached hydrogens (tertiary/aromatic N) is 2. The van der Waals surface area contributed by atoms with E-state index in [0.717, 1.165) is 5.56 Å². The lowest BCUT2D eigenvalue weighted by atomic mass is 10.2. The number of anilines is 1. The monoisotopic (exact) mass is 324 g/mol. The molecule has 21 heavy (non-hydrogen) atoms. The summed E-state index contributed by atoms with van der Waals surface area (Å²) in [4.78, 5) is 0. The van der Waals surface area contributed by atoms with Gasteiger partial charge in [0.2, 0.25) is 0 Å². The van der Waals surface area contributed by atoms with Gasteiger partial charge in [0.25, 0.3) is 0 Å². The molecule has 2 rings (SSSR count). The van der Waals surface area contributed by atoms with Crippen molar-refractivity contribution < 1.29 is 8.42 Å². The number of para-hydroxylation sites is 1. The average molecular weight is 325 g/mol. The van der Waals surface area contributed by atoms with E-state index in [9.17, 15) is 8.42 Å². The Morgan fingerprint density at radius 2 is 1.52 bits per heavy atom. The highest BCUT2D eigenvalue weighted by Gasteiger charge is 2.25. The molecule has 4 nitrogen and oxygen atoms in total. The molecular weight excluding hydrogens is 308 g/mol. The Morgan fingerprint density at radius 1 is 0.952 bits per heavy atom. The summed E-state index contributed by atoms with van der Waals surface area (Å²) in [6, 6.07) is 16.2. The SMILES string of the molecule is CN(C)S(=O)(=O)N(Cc1ccccc1Cl)c1ccccc1. The van der Waals surface area contributed by atoms with Gasteiger partial charge in [-0.3, -0.25) is 4.31 Å². The van der Waals surface area contributed by atoms with Crippen LogP contribution in [-0.2, 0) is 16.8 Å². The second-order valence-electron chi connectivity index (χ2n) is 4.72. The molecule has 0 aliphatic heterocycles. The molecule has 0 aliphatic carbocycles. The third-order valence-corrected chi connectivity index (χ3v) is 5.24. The van der Waals surface area contributed by atoms with Crippen LogP contribution in [0.2, 0.25) is 5.02 Å². The summed E-state index contributed by atoms with van der Waals surface area (Å²) in [7, 11) is -0.575. The molecule has 0 atom stereocenters. The lowest BCUT2D eigenvalue weighted by Gasteiger charge is -2.27. The van der Waals surface area contributed by atoms with Crippen LogP contribution >= 0.6 is 11.6 Å². The number of hydrogen-bond donors (Lipinski definition) is 0. The maximum absolute atomic E-state index is 12.6. The van der Waals surface area contributed by atoms with Gasteiger partial charge < -0.3 is 0 Å². The zero-order valence-electron chi connectivity index (χ0n) is 11.9. The van der Waals surface area contributed by atoms with E-state index in [0.29, 0.717) is 10.7 Å². The molecule has 0 fully saturated rings. The third kappa shape index (κ3) is 3.56. The van der Waals surface area contributed by atoms with Crippen LogP contribution in [0.15, 0.2) is 54.6 Å². The van der Waals surface area contributed by atoms with Crippen molar-refractivity contribution in [3.05, 3.63) is 65.2 Å². The molecule has 112 valence electrons. The van der Waals surface area contributed by atoms with Gasteiger partial charge in [0.1, 0.15) is 0 Å². The smallest absolute Gasteiger partial charge is 0.253 e. The van der Waals surface area contributed by atoms with Crippen LogP contribution in [0.4, 0.5) is 5.69 Å². The minimum atomic E-state index is -3.60. The van der Waals surface area contributed by atoms with E-state index >= 15 is 0 Å². The van der Waals surface area contributed by atoms with Crippen LogP contribution in [0.1, 0.15) is 5.56 Å². The van der Waals surface area contributed by atoms with Crippen molar-refractivity contribution in [2.45, 2.75) is 6.54 Å². The summed E-state index contributed by atoms with van der Waals surface area (Å²) in [5, 5.41) is 0.549. The average Bonchev–Trinajstić information content (AvgIpc) is 2.47. The highest BCUT2D eigenvalue weighted by atomic mass is 35.5. The van der Waals surface area contributed by atoms with Crippen molar-refractivity contribution in [3.63, 3.8) is 0 Å². The van der Waals surface area contributed by atoms with Crippen molar-refractivity contribution in [1.82, 2.24) is 4.31 Å². The molecule has 6 heteroatoms. The quantitative estimate of drug-likeness (QED) is 0.847. The van der Waals surface area contributed by atoms with Crippen molar-refractivity contribution in [2.75, 3.05) is 18.4 Å². The molecule has 0 unspecified atom stereocenters. The lowest BCUT2D eigenvalue weighted by Crippen LogP contribution is -2.39. The van der Waals surface area contributed by atoms with E-state index in [-0.39, 0.29) is 6.54 Å². The minimum Gasteiger partial charge on any atom is -0.253 e. The molecule has 0 bridgehead atoms. The zero-order valence-corrected chi connectivity index (χ0v) is 13.5. The van der Waals surface area contributed by atoms with Gasteiger partial charge in [-0.25, -0.2) is 0 Å². The molecule has 0 saturated heterocycles. The van der Waals surface area contributed by atoms with Gasteiger partial charge in [-0.2, -0.15) is 12.7 Å². The van der Waals surface area contributed by atoms with E-state index in [1.165, 1.54) is 22.7 Å². The Bertz CT molecular complexity index is 703. The van der Waals surface area contributed by atoms with Gasteiger partial charge in [-0.05, 0) is 23.8 Å². The molecule has 0 aliphatic rings. The predicted octanol–water partition coefficient (Wildman–Crippen LogP) is 3.15. The Kier molecular flexibility index (Phi) is 4.88. The fourth-order valence-electron chi connectivity index (χ4n) is 1.88. The second kappa shape index (κ2) is 6.47. The van der Waals surface area contributed by atoms with Crippen LogP contribution in [0.3, 0.4) is 0 Å². The van der Waals surface area contributed by atoms with Crippen molar-refractivity contribution >= 4 is 27.5 Å². The number of benzene rings is 2. The van der Waals surface area contributed by atoms with E-state index in [1.54, 1.807) is 30.3 Å². The Balaban J connectivity index is 2.46. The van der Waals surface area contributed by atoms with Crippen LogP contribution in [0.5, 0.6) is 0 Å². The Morgan fingerprint density at radius 3 is 2.10 bits per heavy atom. The standard InChI is InChI=1S/C15H17ClN2O2S/c1-17(2)21(19,20)18(14-9-4-3-5-10-14)12-13-8-6-7-11-15(13)16/h3-11H,12H2,1-2H3. The lowest BCUT2D eigenvalue weighted by molar-refractivity contribution is 0.515. The molecule has 0 heterocycles. The van der Waals surface area contributed by atoms with Gasteiger partial charge >= 0.3 is 10.2 Å². The van der Waals surface area contributed by atoms with Gasteiger partial charge in [0.05, 0.1) is 12.2 Å². The topological polar surface area (TPSA) is 40.6 Å². The van der Waals surface area contributed by atoms with Crippen molar-refractivity contribution in [2.24, 2.45) is 0 Å². The van der Waals surface area contributed by atoms with Crippen LogP contribution in [0.25, 0.3) is 0 Å². The predicted molar refractivity (Wildman–Crippen MR) is 86.7 cm³/mol. The fraction of sp³-hybridized carbons (Fsp3) is 0.200. The number of rotatable bonds is 5. The maximum Gasteiger partial charge on any atom is 0.303 e. The van der Waals surface area contributed by atoms with Crippen LogP contribution in [0, 0.1) is 0 Å². The first-order valence-corrected chi connectivity index (χ1v) is 8.19. The summed E-state index contributed by atoms with van der Waals surface area (Å²) in [5.41, 5.74) is 1.36.